The molecule has 0 amide bonds. The van der Waals surface area contributed by atoms with E-state index in [0.29, 0.717) is 36.7 Å². The van der Waals surface area contributed by atoms with Crippen LogP contribution in [0.2, 0.25) is 0 Å². The van der Waals surface area contributed by atoms with E-state index in [-0.39, 0.29) is 28.9 Å². The van der Waals surface area contributed by atoms with Gasteiger partial charge in [-0.15, -0.1) is 0 Å². The molecule has 0 bridgehead atoms. The summed E-state index contributed by atoms with van der Waals surface area (Å²) in [6.07, 6.45) is -3.31. The van der Waals surface area contributed by atoms with E-state index in [9.17, 15) is 22.4 Å². The molecule has 1 aromatic rings. The molecule has 32 heavy (non-hydrogen) atoms. The first-order chi connectivity index (χ1) is 14.8. The van der Waals surface area contributed by atoms with Gasteiger partial charge in [-0.25, -0.2) is 14.0 Å². The number of hydrogen-bond donors (Lipinski definition) is 1. The molecule has 1 aliphatic rings. The van der Waals surface area contributed by atoms with Crippen molar-refractivity contribution in [1.29, 1.82) is 0 Å². The van der Waals surface area contributed by atoms with Crippen molar-refractivity contribution >= 4 is 5.97 Å². The molecule has 0 fully saturated rings. The van der Waals surface area contributed by atoms with Gasteiger partial charge in [0.2, 0.25) is 0 Å². The maximum absolute atomic E-state index is 13.8. The van der Waals surface area contributed by atoms with Gasteiger partial charge in [0.25, 0.3) is 0 Å². The third-order valence-corrected chi connectivity index (χ3v) is 5.17. The largest absolute Gasteiger partial charge is 0.462 e. The fourth-order valence-electron chi connectivity index (χ4n) is 3.58. The van der Waals surface area contributed by atoms with Gasteiger partial charge in [-0.05, 0) is 42.9 Å². The van der Waals surface area contributed by atoms with Crippen LogP contribution in [0.25, 0.3) is 4.85 Å². The number of hydrogen-bond acceptors (Lipinski definition) is 3. The van der Waals surface area contributed by atoms with E-state index in [4.69, 9.17) is 11.3 Å². The summed E-state index contributed by atoms with van der Waals surface area (Å²) < 4.78 is 60.6. The fraction of sp³-hybridized carbons (Fsp3) is 0.500. The first-order valence-corrected chi connectivity index (χ1v) is 10.4. The Morgan fingerprint density at radius 1 is 1.25 bits per heavy atom. The summed E-state index contributed by atoms with van der Waals surface area (Å²) >= 11 is 0. The Morgan fingerprint density at radius 3 is 2.44 bits per heavy atom. The Kier molecular flexibility index (Phi) is 7.76. The van der Waals surface area contributed by atoms with Crippen LogP contribution in [0.4, 0.5) is 17.6 Å². The summed E-state index contributed by atoms with van der Waals surface area (Å²) in [5.74, 6) is -3.14. The van der Waals surface area contributed by atoms with Crippen molar-refractivity contribution in [3.63, 3.8) is 0 Å². The molecule has 1 unspecified atom stereocenters. The molecule has 174 valence electrons. The van der Waals surface area contributed by atoms with Crippen molar-refractivity contribution in [2.45, 2.75) is 66.0 Å². The first-order valence-electron chi connectivity index (χ1n) is 10.4. The molecule has 0 radical (unpaired) electrons. The van der Waals surface area contributed by atoms with Crippen LogP contribution in [0, 0.1) is 17.8 Å². The second-order valence-corrected chi connectivity index (χ2v) is 9.00. The molecule has 1 aliphatic heterocycles. The topological polar surface area (TPSA) is 42.7 Å². The Bertz CT molecular complexity index is 979. The SMILES string of the molecule is [C-]#[N+]C1=C(C)NC(CCC)=C(C(=O)OCCC(C)(C)C)C1c1ccc(F)cc1C(F)(F)F. The van der Waals surface area contributed by atoms with E-state index in [2.05, 4.69) is 10.2 Å². The van der Waals surface area contributed by atoms with Crippen LogP contribution in [0.15, 0.2) is 40.9 Å². The molecule has 1 heterocycles. The number of allylic oxidation sites excluding steroid dienone is 3. The molecule has 0 aliphatic carbocycles. The van der Waals surface area contributed by atoms with Gasteiger partial charge in [-0.2, -0.15) is 13.2 Å². The number of rotatable bonds is 6. The summed E-state index contributed by atoms with van der Waals surface area (Å²) in [5, 5.41) is 3.01. The average Bonchev–Trinajstić information content (AvgIpc) is 2.66. The van der Waals surface area contributed by atoms with Gasteiger partial charge in [0, 0.05) is 11.4 Å². The van der Waals surface area contributed by atoms with Gasteiger partial charge in [0.15, 0.2) is 5.70 Å². The van der Waals surface area contributed by atoms with E-state index in [1.54, 1.807) is 6.92 Å². The van der Waals surface area contributed by atoms with Crippen LogP contribution < -0.4 is 5.32 Å². The Balaban J connectivity index is 2.68. The van der Waals surface area contributed by atoms with Gasteiger partial charge in [-0.1, -0.05) is 40.2 Å². The average molecular weight is 452 g/mol. The quantitative estimate of drug-likeness (QED) is 0.296. The highest BCUT2D eigenvalue weighted by atomic mass is 19.4. The predicted octanol–water partition coefficient (Wildman–Crippen LogP) is 6.72. The minimum absolute atomic E-state index is 0.0329. The number of carbonyl (C=O) groups excluding carboxylic acids is 1. The number of nitrogens with zero attached hydrogens (tertiary/aromatic N) is 1. The van der Waals surface area contributed by atoms with E-state index in [1.807, 2.05) is 27.7 Å². The van der Waals surface area contributed by atoms with Crippen LogP contribution in [-0.4, -0.2) is 12.6 Å². The van der Waals surface area contributed by atoms with Crippen LogP contribution in [0.1, 0.15) is 70.9 Å². The molecule has 0 saturated carbocycles. The highest BCUT2D eigenvalue weighted by Crippen LogP contribution is 2.45. The number of carbonyl (C=O) groups is 1. The summed E-state index contributed by atoms with van der Waals surface area (Å²) in [6.45, 7) is 17.1. The standard InChI is InChI=1S/C24H28F4N2O2/c1-7-8-18-20(22(31)32-12-11-23(3,4)5)19(21(29-6)14(2)30-18)16-10-9-15(25)13-17(16)24(26,27)28/h9-10,13,19,30H,7-8,11-12H2,1-5H3. The summed E-state index contributed by atoms with van der Waals surface area (Å²) in [4.78, 5) is 16.6. The zero-order chi connectivity index (χ0) is 24.3. The van der Waals surface area contributed by atoms with Crippen molar-refractivity contribution in [3.8, 4) is 0 Å². The number of nitrogens with one attached hydrogen (secondary N) is 1. The second-order valence-electron chi connectivity index (χ2n) is 9.00. The summed E-state index contributed by atoms with van der Waals surface area (Å²) in [7, 11) is 0. The minimum Gasteiger partial charge on any atom is -0.462 e. The number of esters is 1. The van der Waals surface area contributed by atoms with Gasteiger partial charge >= 0.3 is 12.1 Å². The third kappa shape index (κ3) is 5.90. The van der Waals surface area contributed by atoms with Gasteiger partial charge < -0.3 is 10.1 Å². The highest BCUT2D eigenvalue weighted by molar-refractivity contribution is 5.93. The minimum atomic E-state index is -4.87. The van der Waals surface area contributed by atoms with Gasteiger partial charge in [0.1, 0.15) is 5.82 Å². The number of halogens is 4. The molecule has 4 nitrogen and oxygen atoms in total. The summed E-state index contributed by atoms with van der Waals surface area (Å²) in [5.41, 5.74) is -0.975. The van der Waals surface area contributed by atoms with Crippen LogP contribution >= 0.6 is 0 Å². The molecule has 0 saturated heterocycles. The van der Waals surface area contributed by atoms with Crippen molar-refractivity contribution < 1.29 is 27.1 Å². The highest BCUT2D eigenvalue weighted by Gasteiger charge is 2.42. The lowest BCUT2D eigenvalue weighted by molar-refractivity contribution is -0.141. The molecule has 0 aromatic heterocycles. The Labute approximate surface area is 186 Å². The number of alkyl halides is 3. The maximum atomic E-state index is 13.8. The summed E-state index contributed by atoms with van der Waals surface area (Å²) in [6, 6.07) is 2.31. The molecule has 1 aromatic carbocycles. The monoisotopic (exact) mass is 452 g/mol. The number of dihydropyridines is 1. The molecule has 0 spiro atoms. The lowest BCUT2D eigenvalue weighted by atomic mass is 9.81. The molecule has 2 rings (SSSR count). The van der Waals surface area contributed by atoms with Crippen molar-refractivity contribution in [2.24, 2.45) is 5.41 Å². The lowest BCUT2D eigenvalue weighted by Gasteiger charge is -2.31. The molecule has 8 heteroatoms. The number of ether oxygens (including phenoxy) is 1. The third-order valence-electron chi connectivity index (χ3n) is 5.17. The van der Waals surface area contributed by atoms with Crippen molar-refractivity contribution in [3.05, 3.63) is 69.2 Å². The van der Waals surface area contributed by atoms with Gasteiger partial charge in [0.05, 0.1) is 30.2 Å². The van der Waals surface area contributed by atoms with E-state index in [1.165, 1.54) is 0 Å². The first kappa shape index (κ1) is 25.4. The second kappa shape index (κ2) is 9.76. The van der Waals surface area contributed by atoms with E-state index >= 15 is 0 Å². The van der Waals surface area contributed by atoms with Crippen LogP contribution in [0.3, 0.4) is 0 Å². The maximum Gasteiger partial charge on any atom is 0.416 e. The number of benzene rings is 1. The van der Waals surface area contributed by atoms with Gasteiger partial charge in [-0.3, -0.25) is 0 Å². The zero-order valence-corrected chi connectivity index (χ0v) is 18.9. The lowest BCUT2D eigenvalue weighted by Crippen LogP contribution is -2.31. The fourth-order valence-corrected chi connectivity index (χ4v) is 3.58. The smallest absolute Gasteiger partial charge is 0.416 e. The van der Waals surface area contributed by atoms with E-state index in [0.717, 1.165) is 12.1 Å². The van der Waals surface area contributed by atoms with Crippen LogP contribution in [0.5, 0.6) is 0 Å². The Morgan fingerprint density at radius 2 is 1.91 bits per heavy atom. The predicted molar refractivity (Wildman–Crippen MR) is 114 cm³/mol. The van der Waals surface area contributed by atoms with Crippen LogP contribution in [-0.2, 0) is 15.7 Å². The zero-order valence-electron chi connectivity index (χ0n) is 18.9. The van der Waals surface area contributed by atoms with Crippen molar-refractivity contribution in [2.75, 3.05) is 6.61 Å². The molecular formula is C24H28F4N2O2. The molecule has 1 N–H and O–H groups in total. The molecule has 1 atom stereocenters. The Hall–Kier alpha value is -2.82. The van der Waals surface area contributed by atoms with Crippen molar-refractivity contribution in [1.82, 2.24) is 5.32 Å². The normalized spacial score (nSPS) is 17.2. The van der Waals surface area contributed by atoms with E-state index < -0.39 is 29.4 Å². The molecular weight excluding hydrogens is 424 g/mol.